The first-order valence-electron chi connectivity index (χ1n) is 4.28. The molecule has 0 bridgehead atoms. The van der Waals surface area contributed by atoms with Crippen LogP contribution in [-0.4, -0.2) is 64.0 Å². The number of carbonyl (C=O) groups excluding carboxylic acids is 1. The molecule has 0 fully saturated rings. The molecule has 0 aromatic carbocycles. The van der Waals surface area contributed by atoms with Gasteiger partial charge in [0.05, 0.1) is 27.8 Å². The van der Waals surface area contributed by atoms with Crippen molar-refractivity contribution in [3.05, 3.63) is 7.43 Å². The Bertz CT molecular complexity index is 168. The second-order valence-electron chi connectivity index (χ2n) is 4.37. The second kappa shape index (κ2) is 9.51. The van der Waals surface area contributed by atoms with E-state index in [2.05, 4.69) is 10.6 Å². The minimum atomic E-state index is -0.123. The smallest absolute Gasteiger partial charge is 0.320 e. The summed E-state index contributed by atoms with van der Waals surface area (Å²) in [6.45, 7) is 1.18. The van der Waals surface area contributed by atoms with Crippen molar-refractivity contribution >= 4 is 6.03 Å². The van der Waals surface area contributed by atoms with Crippen molar-refractivity contribution in [2.45, 2.75) is 0 Å². The van der Waals surface area contributed by atoms with Gasteiger partial charge in [0.2, 0.25) is 0 Å². The molecule has 0 unspecified atom stereocenters. The molecule has 0 aliphatic rings. The molecule has 0 aromatic heterocycles. The van der Waals surface area contributed by atoms with Crippen LogP contribution in [0.3, 0.4) is 0 Å². The molecular weight excluding hydrogens is 269 g/mol. The molecule has 1 radical (unpaired) electrons. The summed E-state index contributed by atoms with van der Waals surface area (Å²) in [5, 5.41) is 5.49. The van der Waals surface area contributed by atoms with Gasteiger partial charge in [-0.2, -0.15) is 0 Å². The van der Waals surface area contributed by atoms with E-state index in [1.807, 2.05) is 40.1 Å². The van der Waals surface area contributed by atoms with Gasteiger partial charge in [-0.05, 0) is 14.1 Å². The van der Waals surface area contributed by atoms with Crippen molar-refractivity contribution in [1.29, 1.82) is 0 Å². The molecule has 6 heteroatoms. The van der Waals surface area contributed by atoms with Crippen LogP contribution in [0.1, 0.15) is 0 Å². The average Bonchev–Trinajstić information content (AvgIpc) is 1.95. The van der Waals surface area contributed by atoms with Gasteiger partial charge < -0.3 is 17.2 Å². The summed E-state index contributed by atoms with van der Waals surface area (Å²) in [5.41, 5.74) is 0. The van der Waals surface area contributed by atoms with Crippen LogP contribution < -0.4 is 10.6 Å². The maximum absolute atomic E-state index is 11.1. The zero-order chi connectivity index (χ0) is 10.5. The Hall–Kier alpha value is 0.294. The van der Waals surface area contributed by atoms with Crippen molar-refractivity contribution < 1.29 is 42.0 Å². The summed E-state index contributed by atoms with van der Waals surface area (Å²) in [5.74, 6) is 0. The van der Waals surface area contributed by atoms with Crippen LogP contribution in [-0.2, 0) is 32.7 Å². The van der Waals surface area contributed by atoms with E-state index in [9.17, 15) is 4.79 Å². The fourth-order valence-electron chi connectivity index (χ4n) is 0.601. The van der Waals surface area contributed by atoms with E-state index in [4.69, 9.17) is 0 Å². The number of carbonyl (C=O) groups is 1. The first kappa shape index (κ1) is 20.7. The first-order chi connectivity index (χ1) is 5.81. The number of nitrogens with zero attached hydrogens (tertiary/aromatic N) is 2. The quantitative estimate of drug-likeness (QED) is 0.432. The number of urea groups is 1. The van der Waals surface area contributed by atoms with Crippen LogP contribution in [0.2, 0.25) is 0 Å². The second-order valence-corrected chi connectivity index (χ2v) is 4.37. The molecule has 0 rings (SSSR count). The Morgan fingerprint density at radius 1 is 1.20 bits per heavy atom. The fourth-order valence-corrected chi connectivity index (χ4v) is 0.601. The van der Waals surface area contributed by atoms with Gasteiger partial charge in [-0.1, -0.05) is 0 Å². The third-order valence-corrected chi connectivity index (χ3v) is 1.27. The molecule has 0 aliphatic carbocycles. The van der Waals surface area contributed by atoms with E-state index in [1.54, 1.807) is 0 Å². The number of rotatable bonds is 4. The van der Waals surface area contributed by atoms with Crippen molar-refractivity contribution in [3.8, 4) is 0 Å². The largest absolute Gasteiger partial charge is 0.358 e. The fraction of sp³-hybridized carbons (Fsp3) is 0.778. The van der Waals surface area contributed by atoms with Crippen molar-refractivity contribution in [3.63, 3.8) is 0 Å². The monoisotopic (exact) mass is 293 g/mol. The molecule has 89 valence electrons. The van der Waals surface area contributed by atoms with E-state index in [1.165, 1.54) is 0 Å². The Labute approximate surface area is 119 Å². The predicted molar refractivity (Wildman–Crippen MR) is 59.5 cm³/mol. The van der Waals surface area contributed by atoms with Crippen LogP contribution in [0, 0.1) is 7.43 Å². The average molecular weight is 293 g/mol. The summed E-state index contributed by atoms with van der Waals surface area (Å²) in [6, 6.07) is -0.123. The Morgan fingerprint density at radius 3 is 2.00 bits per heavy atom. The summed E-state index contributed by atoms with van der Waals surface area (Å²) in [7, 11) is 9.87. The predicted octanol–water partition coefficient (Wildman–Crippen LogP) is -0.0838. The Morgan fingerprint density at radius 2 is 1.67 bits per heavy atom. The molecule has 0 aromatic rings. The molecule has 0 atom stereocenters. The minimum Gasteiger partial charge on any atom is -0.358 e. The topological polar surface area (TPSA) is 44.4 Å². The SMILES string of the molecule is CN(C)CNC(=O)NC[N+](C)(C)C.[CH3-].[Y]. The van der Waals surface area contributed by atoms with E-state index in [0.29, 0.717) is 13.3 Å². The van der Waals surface area contributed by atoms with Crippen LogP contribution in [0.25, 0.3) is 0 Å². The molecule has 0 spiro atoms. The van der Waals surface area contributed by atoms with Gasteiger partial charge in [0.15, 0.2) is 6.67 Å². The zero-order valence-electron chi connectivity index (χ0n) is 10.8. The van der Waals surface area contributed by atoms with Crippen molar-refractivity contribution in [2.24, 2.45) is 0 Å². The first-order valence-corrected chi connectivity index (χ1v) is 4.28. The van der Waals surface area contributed by atoms with Gasteiger partial charge in [-0.15, -0.1) is 0 Å². The molecular formula is C9H24N4OY. The van der Waals surface area contributed by atoms with Crippen LogP contribution in [0.15, 0.2) is 0 Å². The molecule has 15 heavy (non-hydrogen) atoms. The number of nitrogens with one attached hydrogen (secondary N) is 2. The van der Waals surface area contributed by atoms with Crippen molar-refractivity contribution in [1.82, 2.24) is 15.5 Å². The number of amides is 2. The van der Waals surface area contributed by atoms with Gasteiger partial charge in [-0.3, -0.25) is 10.2 Å². The van der Waals surface area contributed by atoms with Crippen LogP contribution >= 0.6 is 0 Å². The van der Waals surface area contributed by atoms with Gasteiger partial charge in [-0.25, -0.2) is 4.79 Å². The van der Waals surface area contributed by atoms with Gasteiger partial charge in [0.1, 0.15) is 0 Å². The Balaban J connectivity index is -0.000000720. The van der Waals surface area contributed by atoms with E-state index in [0.717, 1.165) is 4.48 Å². The third-order valence-electron chi connectivity index (χ3n) is 1.27. The summed E-state index contributed by atoms with van der Waals surface area (Å²) < 4.78 is 0.718. The van der Waals surface area contributed by atoms with E-state index in [-0.39, 0.29) is 46.2 Å². The molecule has 0 aliphatic heterocycles. The van der Waals surface area contributed by atoms with Crippen LogP contribution in [0.5, 0.6) is 0 Å². The molecule has 0 saturated heterocycles. The summed E-state index contributed by atoms with van der Waals surface area (Å²) in [6.07, 6.45) is 0. The number of quaternary nitrogens is 1. The summed E-state index contributed by atoms with van der Waals surface area (Å²) in [4.78, 5) is 13.0. The maximum Gasteiger partial charge on any atom is 0.320 e. The molecule has 2 N–H and O–H groups in total. The van der Waals surface area contributed by atoms with Crippen molar-refractivity contribution in [2.75, 3.05) is 48.6 Å². The molecule has 0 saturated carbocycles. The molecule has 2 amide bonds. The van der Waals surface area contributed by atoms with Gasteiger partial charge in [0, 0.05) is 32.7 Å². The van der Waals surface area contributed by atoms with Gasteiger partial charge in [0.25, 0.3) is 0 Å². The van der Waals surface area contributed by atoms with Crippen LogP contribution in [0.4, 0.5) is 4.79 Å². The Kier molecular flexibility index (Phi) is 13.1. The third kappa shape index (κ3) is 16.9. The van der Waals surface area contributed by atoms with Gasteiger partial charge >= 0.3 is 6.03 Å². The number of hydrogen-bond donors (Lipinski definition) is 2. The zero-order valence-corrected chi connectivity index (χ0v) is 13.6. The maximum atomic E-state index is 11.1. The van der Waals surface area contributed by atoms with E-state index < -0.39 is 0 Å². The molecule has 5 nitrogen and oxygen atoms in total. The summed E-state index contributed by atoms with van der Waals surface area (Å²) >= 11 is 0. The number of hydrogen-bond acceptors (Lipinski definition) is 2. The standard InChI is InChI=1S/C8H20N4O.CH3.Y/c1-11(2)6-9-8(13)10-7-12(3,4)5;;/h6-7H2,1-5H3,(H-,9,10,13);1H3;/q;-1;/p+1. The van der Waals surface area contributed by atoms with E-state index >= 15 is 0 Å². The molecule has 0 heterocycles. The normalized spacial score (nSPS) is 10.0. The minimum absolute atomic E-state index is 0.